The van der Waals surface area contributed by atoms with Crippen molar-refractivity contribution in [3.8, 4) is 5.75 Å². The van der Waals surface area contributed by atoms with Crippen molar-refractivity contribution in [1.29, 1.82) is 0 Å². The molecule has 0 aromatic heterocycles. The normalized spacial score (nSPS) is 16.3. The largest absolute Gasteiger partial charge is 0.494 e. The summed E-state index contributed by atoms with van der Waals surface area (Å²) >= 11 is 0. The van der Waals surface area contributed by atoms with Crippen LogP contribution < -0.4 is 10.1 Å². The molecule has 17 heavy (non-hydrogen) atoms. The molecule has 0 amide bonds. The lowest BCUT2D eigenvalue weighted by molar-refractivity contribution is 0.336. The molecule has 1 N–H and O–H groups in total. The van der Waals surface area contributed by atoms with Gasteiger partial charge >= 0.3 is 0 Å². The molecule has 0 aliphatic heterocycles. The van der Waals surface area contributed by atoms with Crippen molar-refractivity contribution in [2.45, 2.75) is 45.1 Å². The summed E-state index contributed by atoms with van der Waals surface area (Å²) in [6, 6.07) is 9.12. The van der Waals surface area contributed by atoms with E-state index >= 15 is 0 Å². The quantitative estimate of drug-likeness (QED) is 0.815. The van der Waals surface area contributed by atoms with E-state index in [0.717, 1.165) is 31.4 Å². The van der Waals surface area contributed by atoms with Crippen LogP contribution in [-0.4, -0.2) is 19.2 Å². The number of benzene rings is 1. The summed E-state index contributed by atoms with van der Waals surface area (Å²) in [6.45, 7) is 3.84. The molecule has 1 aromatic carbocycles. The van der Waals surface area contributed by atoms with Gasteiger partial charge in [0.25, 0.3) is 0 Å². The van der Waals surface area contributed by atoms with E-state index in [0.29, 0.717) is 0 Å². The lowest BCUT2D eigenvalue weighted by Crippen LogP contribution is -2.28. The molecule has 0 bridgehead atoms. The third-order valence-corrected chi connectivity index (χ3v) is 3.45. The molecule has 1 fully saturated rings. The molecule has 1 aliphatic carbocycles. The third kappa shape index (κ3) is 3.74. The van der Waals surface area contributed by atoms with Gasteiger partial charge in [-0.05, 0) is 44.4 Å². The zero-order chi connectivity index (χ0) is 11.9. The second kappa shape index (κ2) is 6.65. The standard InChI is InChI=1S/C15H23NO/c1-2-17-15-10-6-3-7-13(15)11-12-16-14-8-4-5-9-14/h3,6-7,10,14,16H,2,4-5,8-9,11-12H2,1H3. The van der Waals surface area contributed by atoms with Gasteiger partial charge < -0.3 is 10.1 Å². The van der Waals surface area contributed by atoms with E-state index in [1.54, 1.807) is 0 Å². The summed E-state index contributed by atoms with van der Waals surface area (Å²) in [5.41, 5.74) is 1.32. The van der Waals surface area contributed by atoms with Gasteiger partial charge in [-0.3, -0.25) is 0 Å². The Bertz CT molecular complexity index is 331. The second-order valence-corrected chi connectivity index (χ2v) is 4.73. The van der Waals surface area contributed by atoms with Crippen molar-refractivity contribution in [3.63, 3.8) is 0 Å². The first-order valence-corrected chi connectivity index (χ1v) is 6.84. The Morgan fingerprint density at radius 3 is 2.76 bits per heavy atom. The molecule has 0 saturated heterocycles. The summed E-state index contributed by atoms with van der Waals surface area (Å²) in [5.74, 6) is 1.04. The van der Waals surface area contributed by atoms with Crippen LogP contribution >= 0.6 is 0 Å². The summed E-state index contributed by atoms with van der Waals surface area (Å²) in [4.78, 5) is 0. The lowest BCUT2D eigenvalue weighted by Gasteiger charge is -2.13. The molecule has 0 atom stereocenters. The Balaban J connectivity index is 1.80. The smallest absolute Gasteiger partial charge is 0.122 e. The zero-order valence-corrected chi connectivity index (χ0v) is 10.7. The fourth-order valence-corrected chi connectivity index (χ4v) is 2.55. The summed E-state index contributed by atoms with van der Waals surface area (Å²) in [5, 5.41) is 3.64. The highest BCUT2D eigenvalue weighted by Gasteiger charge is 2.13. The maximum atomic E-state index is 5.63. The number of rotatable bonds is 6. The Morgan fingerprint density at radius 2 is 2.00 bits per heavy atom. The van der Waals surface area contributed by atoms with Crippen LogP contribution in [0.15, 0.2) is 24.3 Å². The number of nitrogens with one attached hydrogen (secondary N) is 1. The van der Waals surface area contributed by atoms with Crippen LogP contribution in [0.1, 0.15) is 38.2 Å². The second-order valence-electron chi connectivity index (χ2n) is 4.73. The third-order valence-electron chi connectivity index (χ3n) is 3.45. The summed E-state index contributed by atoms with van der Waals surface area (Å²) in [7, 11) is 0. The number of para-hydroxylation sites is 1. The van der Waals surface area contributed by atoms with E-state index < -0.39 is 0 Å². The average molecular weight is 233 g/mol. The Morgan fingerprint density at radius 1 is 1.24 bits per heavy atom. The molecule has 94 valence electrons. The van der Waals surface area contributed by atoms with E-state index in [4.69, 9.17) is 4.74 Å². The van der Waals surface area contributed by atoms with Crippen molar-refractivity contribution < 1.29 is 4.74 Å². The van der Waals surface area contributed by atoms with Gasteiger partial charge in [-0.1, -0.05) is 31.0 Å². The van der Waals surface area contributed by atoms with E-state index in [-0.39, 0.29) is 0 Å². The Kier molecular flexibility index (Phi) is 4.87. The minimum atomic E-state index is 0.743. The molecule has 0 radical (unpaired) electrons. The molecule has 1 aromatic rings. The van der Waals surface area contributed by atoms with Gasteiger partial charge in [-0.2, -0.15) is 0 Å². The molecule has 1 aliphatic rings. The molecule has 2 nitrogen and oxygen atoms in total. The fourth-order valence-electron chi connectivity index (χ4n) is 2.55. The van der Waals surface area contributed by atoms with Crippen molar-refractivity contribution >= 4 is 0 Å². The van der Waals surface area contributed by atoms with Crippen molar-refractivity contribution in [3.05, 3.63) is 29.8 Å². The maximum Gasteiger partial charge on any atom is 0.122 e. The number of hydrogen-bond donors (Lipinski definition) is 1. The van der Waals surface area contributed by atoms with Crippen molar-refractivity contribution in [2.24, 2.45) is 0 Å². The Labute approximate surface area is 104 Å². The van der Waals surface area contributed by atoms with Crippen LogP contribution in [0, 0.1) is 0 Å². The van der Waals surface area contributed by atoms with Crippen molar-refractivity contribution in [2.75, 3.05) is 13.2 Å². The van der Waals surface area contributed by atoms with E-state index in [1.807, 2.05) is 13.0 Å². The van der Waals surface area contributed by atoms with Crippen LogP contribution in [0.5, 0.6) is 5.75 Å². The minimum absolute atomic E-state index is 0.743. The molecular formula is C15H23NO. The van der Waals surface area contributed by atoms with Crippen LogP contribution in [0.3, 0.4) is 0 Å². The topological polar surface area (TPSA) is 21.3 Å². The molecule has 1 saturated carbocycles. The molecule has 2 heteroatoms. The number of hydrogen-bond acceptors (Lipinski definition) is 2. The summed E-state index contributed by atoms with van der Waals surface area (Å²) in [6.07, 6.45) is 6.56. The van der Waals surface area contributed by atoms with Gasteiger partial charge in [0.2, 0.25) is 0 Å². The van der Waals surface area contributed by atoms with E-state index in [1.165, 1.54) is 31.2 Å². The SMILES string of the molecule is CCOc1ccccc1CCNC1CCCC1. The monoisotopic (exact) mass is 233 g/mol. The van der Waals surface area contributed by atoms with Gasteiger partial charge in [0.15, 0.2) is 0 Å². The molecule has 2 rings (SSSR count). The Hall–Kier alpha value is -1.02. The van der Waals surface area contributed by atoms with Crippen LogP contribution in [0.2, 0.25) is 0 Å². The minimum Gasteiger partial charge on any atom is -0.494 e. The van der Waals surface area contributed by atoms with Gasteiger partial charge in [0.05, 0.1) is 6.61 Å². The predicted octanol–water partition coefficient (Wildman–Crippen LogP) is 3.16. The van der Waals surface area contributed by atoms with Gasteiger partial charge in [-0.25, -0.2) is 0 Å². The number of ether oxygens (including phenoxy) is 1. The van der Waals surface area contributed by atoms with Crippen LogP contribution in [-0.2, 0) is 6.42 Å². The average Bonchev–Trinajstić information content (AvgIpc) is 2.85. The highest BCUT2D eigenvalue weighted by molar-refractivity contribution is 5.33. The first-order chi connectivity index (χ1) is 8.40. The highest BCUT2D eigenvalue weighted by Crippen LogP contribution is 2.20. The zero-order valence-electron chi connectivity index (χ0n) is 10.7. The molecular weight excluding hydrogens is 210 g/mol. The summed E-state index contributed by atoms with van der Waals surface area (Å²) < 4.78 is 5.63. The first-order valence-electron chi connectivity index (χ1n) is 6.84. The van der Waals surface area contributed by atoms with Crippen LogP contribution in [0.25, 0.3) is 0 Å². The van der Waals surface area contributed by atoms with Crippen molar-refractivity contribution in [1.82, 2.24) is 5.32 Å². The van der Waals surface area contributed by atoms with Gasteiger partial charge in [-0.15, -0.1) is 0 Å². The molecule has 0 unspecified atom stereocenters. The van der Waals surface area contributed by atoms with Gasteiger partial charge in [0, 0.05) is 6.04 Å². The van der Waals surface area contributed by atoms with E-state index in [9.17, 15) is 0 Å². The lowest BCUT2D eigenvalue weighted by atomic mass is 10.1. The first kappa shape index (κ1) is 12.4. The highest BCUT2D eigenvalue weighted by atomic mass is 16.5. The van der Waals surface area contributed by atoms with Gasteiger partial charge in [0.1, 0.15) is 5.75 Å². The van der Waals surface area contributed by atoms with Crippen LogP contribution in [0.4, 0.5) is 0 Å². The molecule has 0 heterocycles. The maximum absolute atomic E-state index is 5.63. The fraction of sp³-hybridized carbons (Fsp3) is 0.600. The predicted molar refractivity (Wildman–Crippen MR) is 71.6 cm³/mol. The van der Waals surface area contributed by atoms with E-state index in [2.05, 4.69) is 23.5 Å². The molecule has 0 spiro atoms.